The third kappa shape index (κ3) is 3.41. The molecule has 1 amide bonds. The molecular formula is C15H19F3N2O4. The Bertz CT molecular complexity index is 584. The summed E-state index contributed by atoms with van der Waals surface area (Å²) in [6.45, 7) is 1.33. The molecular weight excluding hydrogens is 329 g/mol. The van der Waals surface area contributed by atoms with Gasteiger partial charge in [-0.25, -0.2) is 4.98 Å². The second kappa shape index (κ2) is 6.72. The number of aromatic nitrogens is 1. The van der Waals surface area contributed by atoms with Gasteiger partial charge in [-0.2, -0.15) is 13.2 Å². The highest BCUT2D eigenvalue weighted by Crippen LogP contribution is 2.32. The van der Waals surface area contributed by atoms with Crippen molar-refractivity contribution in [3.05, 3.63) is 17.8 Å². The highest BCUT2D eigenvalue weighted by molar-refractivity contribution is 5.92. The van der Waals surface area contributed by atoms with Gasteiger partial charge < -0.3 is 19.2 Å². The van der Waals surface area contributed by atoms with Crippen LogP contribution in [0.3, 0.4) is 0 Å². The molecule has 0 spiro atoms. The average molecular weight is 348 g/mol. The van der Waals surface area contributed by atoms with Gasteiger partial charge >= 0.3 is 6.18 Å². The SMILES string of the molecule is O=C(c1coc(C2CCOCC2)n1)N1CCCC1C(O)C(F)(F)F. The number of amides is 1. The van der Waals surface area contributed by atoms with Crippen LogP contribution >= 0.6 is 0 Å². The van der Waals surface area contributed by atoms with Crippen molar-refractivity contribution in [2.45, 2.75) is 49.9 Å². The molecule has 2 aliphatic heterocycles. The number of hydrogen-bond donors (Lipinski definition) is 1. The second-order valence-corrected chi connectivity index (χ2v) is 6.15. The molecule has 0 radical (unpaired) electrons. The quantitative estimate of drug-likeness (QED) is 0.905. The van der Waals surface area contributed by atoms with Gasteiger partial charge in [0.1, 0.15) is 6.26 Å². The van der Waals surface area contributed by atoms with Crippen LogP contribution in [0.15, 0.2) is 10.7 Å². The van der Waals surface area contributed by atoms with Crippen molar-refractivity contribution in [3.8, 4) is 0 Å². The number of carbonyl (C=O) groups is 1. The highest BCUT2D eigenvalue weighted by Gasteiger charge is 2.48. The lowest BCUT2D eigenvalue weighted by molar-refractivity contribution is -0.216. The molecule has 6 nitrogen and oxygen atoms in total. The zero-order valence-electron chi connectivity index (χ0n) is 13.0. The number of ether oxygens (including phenoxy) is 1. The lowest BCUT2D eigenvalue weighted by Crippen LogP contribution is -2.49. The van der Waals surface area contributed by atoms with Gasteiger partial charge in [0.15, 0.2) is 17.7 Å². The zero-order chi connectivity index (χ0) is 17.3. The molecule has 0 saturated carbocycles. The van der Waals surface area contributed by atoms with E-state index in [1.165, 1.54) is 6.26 Å². The standard InChI is InChI=1S/C15H19F3N2O4/c16-15(17,18)12(21)11-2-1-5-20(11)14(22)10-8-24-13(19-10)9-3-6-23-7-4-9/h8-9,11-12,21H,1-7H2. The van der Waals surface area contributed by atoms with Crippen LogP contribution in [0, 0.1) is 0 Å². The molecule has 2 unspecified atom stereocenters. The maximum atomic E-state index is 12.8. The molecule has 2 saturated heterocycles. The van der Waals surface area contributed by atoms with E-state index >= 15 is 0 Å². The van der Waals surface area contributed by atoms with Crippen molar-refractivity contribution in [2.24, 2.45) is 0 Å². The molecule has 0 aromatic carbocycles. The fraction of sp³-hybridized carbons (Fsp3) is 0.733. The number of oxazole rings is 1. The molecule has 134 valence electrons. The number of likely N-dealkylation sites (tertiary alicyclic amines) is 1. The third-order valence-electron chi connectivity index (χ3n) is 4.57. The van der Waals surface area contributed by atoms with Gasteiger partial charge in [0.05, 0.1) is 6.04 Å². The molecule has 24 heavy (non-hydrogen) atoms. The minimum absolute atomic E-state index is 0.0160. The average Bonchev–Trinajstić information content (AvgIpc) is 3.23. The van der Waals surface area contributed by atoms with Crippen molar-refractivity contribution in [1.29, 1.82) is 0 Å². The van der Waals surface area contributed by atoms with Gasteiger partial charge in [-0.3, -0.25) is 4.79 Å². The largest absolute Gasteiger partial charge is 0.448 e. The Balaban J connectivity index is 1.72. The summed E-state index contributed by atoms with van der Waals surface area (Å²) in [5.41, 5.74) is -0.0160. The van der Waals surface area contributed by atoms with Crippen molar-refractivity contribution in [3.63, 3.8) is 0 Å². The number of rotatable bonds is 3. The van der Waals surface area contributed by atoms with E-state index in [4.69, 9.17) is 9.15 Å². The minimum atomic E-state index is -4.76. The lowest BCUT2D eigenvalue weighted by Gasteiger charge is -2.29. The first-order chi connectivity index (χ1) is 11.4. The Kier molecular flexibility index (Phi) is 4.82. The number of carbonyl (C=O) groups excluding carboxylic acids is 1. The fourth-order valence-electron chi connectivity index (χ4n) is 3.26. The Hall–Kier alpha value is -1.61. The smallest absolute Gasteiger partial charge is 0.416 e. The van der Waals surface area contributed by atoms with E-state index in [0.29, 0.717) is 25.5 Å². The van der Waals surface area contributed by atoms with Gasteiger partial charge in [0.25, 0.3) is 5.91 Å². The van der Waals surface area contributed by atoms with E-state index in [1.807, 2.05) is 0 Å². The predicted molar refractivity (Wildman–Crippen MR) is 75.4 cm³/mol. The molecule has 0 aliphatic carbocycles. The van der Waals surface area contributed by atoms with Gasteiger partial charge in [-0.15, -0.1) is 0 Å². The first-order valence-electron chi connectivity index (χ1n) is 7.97. The molecule has 1 aromatic heterocycles. The molecule has 3 rings (SSSR count). The van der Waals surface area contributed by atoms with E-state index in [0.717, 1.165) is 17.7 Å². The summed E-state index contributed by atoms with van der Waals surface area (Å²) >= 11 is 0. The topological polar surface area (TPSA) is 75.8 Å². The Morgan fingerprint density at radius 1 is 1.33 bits per heavy atom. The number of halogens is 3. The minimum Gasteiger partial charge on any atom is -0.448 e. The summed E-state index contributed by atoms with van der Waals surface area (Å²) in [6, 6.07) is -1.28. The Morgan fingerprint density at radius 3 is 2.71 bits per heavy atom. The van der Waals surface area contributed by atoms with Crippen LogP contribution in [0.2, 0.25) is 0 Å². The Morgan fingerprint density at radius 2 is 2.04 bits per heavy atom. The molecule has 1 aromatic rings. The molecule has 9 heteroatoms. The van der Waals surface area contributed by atoms with Crippen LogP contribution in [0.1, 0.15) is 48.0 Å². The van der Waals surface area contributed by atoms with Crippen LogP contribution in [0.5, 0.6) is 0 Å². The number of aliphatic hydroxyl groups is 1. The van der Waals surface area contributed by atoms with Crippen molar-refractivity contribution < 1.29 is 32.2 Å². The molecule has 0 bridgehead atoms. The number of aliphatic hydroxyl groups excluding tert-OH is 1. The van der Waals surface area contributed by atoms with Gasteiger partial charge in [0.2, 0.25) is 0 Å². The van der Waals surface area contributed by atoms with Crippen molar-refractivity contribution in [1.82, 2.24) is 9.88 Å². The van der Waals surface area contributed by atoms with Gasteiger partial charge in [-0.1, -0.05) is 0 Å². The van der Waals surface area contributed by atoms with E-state index in [-0.39, 0.29) is 24.6 Å². The maximum Gasteiger partial charge on any atom is 0.416 e. The van der Waals surface area contributed by atoms with E-state index < -0.39 is 24.2 Å². The first-order valence-corrected chi connectivity index (χ1v) is 7.97. The van der Waals surface area contributed by atoms with E-state index in [9.17, 15) is 23.1 Å². The number of alkyl halides is 3. The zero-order valence-corrected chi connectivity index (χ0v) is 13.0. The van der Waals surface area contributed by atoms with Crippen molar-refractivity contribution >= 4 is 5.91 Å². The summed E-state index contributed by atoms with van der Waals surface area (Å²) < 4.78 is 48.9. The van der Waals surface area contributed by atoms with Crippen LogP contribution < -0.4 is 0 Å². The van der Waals surface area contributed by atoms with Crippen LogP contribution in [-0.4, -0.2) is 59.0 Å². The highest BCUT2D eigenvalue weighted by atomic mass is 19.4. The summed E-state index contributed by atoms with van der Waals surface area (Å²) in [5.74, 6) is -0.174. The summed E-state index contributed by atoms with van der Waals surface area (Å²) in [5, 5.41) is 9.48. The fourth-order valence-corrected chi connectivity index (χ4v) is 3.26. The second-order valence-electron chi connectivity index (χ2n) is 6.15. The number of nitrogens with zero attached hydrogens (tertiary/aromatic N) is 2. The summed E-state index contributed by atoms with van der Waals surface area (Å²) in [6.07, 6.45) is -4.15. The third-order valence-corrected chi connectivity index (χ3v) is 4.57. The summed E-state index contributed by atoms with van der Waals surface area (Å²) in [4.78, 5) is 17.7. The molecule has 1 N–H and O–H groups in total. The van der Waals surface area contributed by atoms with Crippen LogP contribution in [0.25, 0.3) is 0 Å². The molecule has 2 fully saturated rings. The van der Waals surface area contributed by atoms with Crippen molar-refractivity contribution in [2.75, 3.05) is 19.8 Å². The maximum absolute atomic E-state index is 12.8. The van der Waals surface area contributed by atoms with Gasteiger partial charge in [0, 0.05) is 25.7 Å². The van der Waals surface area contributed by atoms with Crippen LogP contribution in [-0.2, 0) is 4.74 Å². The Labute approximate surface area is 136 Å². The normalized spacial score (nSPS) is 24.3. The van der Waals surface area contributed by atoms with Gasteiger partial charge in [-0.05, 0) is 25.7 Å². The molecule has 2 aliphatic rings. The first kappa shape index (κ1) is 17.2. The molecule has 3 heterocycles. The lowest BCUT2D eigenvalue weighted by atomic mass is 10.0. The predicted octanol–water partition coefficient (Wildman–Crippen LogP) is 2.10. The summed E-state index contributed by atoms with van der Waals surface area (Å²) in [7, 11) is 0. The number of hydrogen-bond acceptors (Lipinski definition) is 5. The monoisotopic (exact) mass is 348 g/mol. The molecule has 2 atom stereocenters. The van der Waals surface area contributed by atoms with E-state index in [1.54, 1.807) is 0 Å². The van der Waals surface area contributed by atoms with Crippen LogP contribution in [0.4, 0.5) is 13.2 Å². The van der Waals surface area contributed by atoms with E-state index in [2.05, 4.69) is 4.98 Å².